The monoisotopic (exact) mass is 378 g/mol. The maximum atomic E-state index is 13.3. The maximum absolute atomic E-state index is 13.3. The first-order chi connectivity index (χ1) is 12.1. The highest BCUT2D eigenvalue weighted by atomic mass is 35.5. The highest BCUT2D eigenvalue weighted by Crippen LogP contribution is 2.40. The fraction of sp³-hybridized carbons (Fsp3) is 0.444. The lowest BCUT2D eigenvalue weighted by Crippen LogP contribution is -2.55. The Kier molecular flexibility index (Phi) is 4.48. The summed E-state index contributed by atoms with van der Waals surface area (Å²) in [5.74, 6) is 0.0293. The Morgan fingerprint density at radius 3 is 2.84 bits per heavy atom. The van der Waals surface area contributed by atoms with Crippen LogP contribution in [0.1, 0.15) is 36.4 Å². The molecule has 1 aliphatic carbocycles. The molecule has 1 amide bonds. The van der Waals surface area contributed by atoms with Crippen LogP contribution in [0.15, 0.2) is 30.6 Å². The predicted molar refractivity (Wildman–Crippen MR) is 98.0 cm³/mol. The Hall–Kier alpha value is -1.56. The lowest BCUT2D eigenvalue weighted by Gasteiger charge is -2.37. The zero-order chi connectivity index (χ0) is 17.4. The van der Waals surface area contributed by atoms with E-state index in [1.165, 1.54) is 0 Å². The summed E-state index contributed by atoms with van der Waals surface area (Å²) in [5, 5.41) is 12.1. The number of hydrogen-bond acceptors (Lipinski definition) is 3. The van der Waals surface area contributed by atoms with E-state index in [9.17, 15) is 4.79 Å². The van der Waals surface area contributed by atoms with Crippen LogP contribution in [0.5, 0.6) is 0 Å². The van der Waals surface area contributed by atoms with Gasteiger partial charge in [-0.3, -0.25) is 9.48 Å². The van der Waals surface area contributed by atoms with Gasteiger partial charge in [-0.15, -0.1) is 0 Å². The second-order valence-corrected chi connectivity index (χ2v) is 7.51. The van der Waals surface area contributed by atoms with Crippen molar-refractivity contribution in [1.29, 1.82) is 0 Å². The number of fused-ring (bicyclic) bond motifs is 1. The molecule has 0 spiro atoms. The third-order valence-corrected chi connectivity index (χ3v) is 6.24. The number of rotatable bonds is 3. The van der Waals surface area contributed by atoms with Gasteiger partial charge in [0.15, 0.2) is 0 Å². The molecule has 0 saturated carbocycles. The average Bonchev–Trinajstić information content (AvgIpc) is 3.29. The fourth-order valence-corrected chi connectivity index (χ4v) is 4.44. The van der Waals surface area contributed by atoms with E-state index < -0.39 is 5.54 Å². The molecule has 2 aromatic rings. The van der Waals surface area contributed by atoms with Gasteiger partial charge in [-0.2, -0.15) is 5.10 Å². The number of aromatic nitrogens is 2. The summed E-state index contributed by atoms with van der Waals surface area (Å²) in [4.78, 5) is 13.3. The number of hydrogen-bond donors (Lipinski definition) is 2. The molecule has 25 heavy (non-hydrogen) atoms. The Morgan fingerprint density at radius 2 is 2.12 bits per heavy atom. The molecule has 132 valence electrons. The van der Waals surface area contributed by atoms with E-state index in [1.54, 1.807) is 12.3 Å². The molecular formula is C18H20Cl2N4O. The molecule has 1 unspecified atom stereocenters. The minimum atomic E-state index is -0.631. The molecule has 1 saturated heterocycles. The van der Waals surface area contributed by atoms with Crippen molar-refractivity contribution < 1.29 is 4.79 Å². The summed E-state index contributed by atoms with van der Waals surface area (Å²) in [6.07, 6.45) is 6.72. The Morgan fingerprint density at radius 1 is 1.32 bits per heavy atom. The molecule has 2 aliphatic rings. The molecule has 0 bridgehead atoms. The number of carbonyl (C=O) groups excluding carboxylic acids is 1. The maximum Gasteiger partial charge on any atom is 0.248 e. The van der Waals surface area contributed by atoms with Gasteiger partial charge in [-0.25, -0.2) is 0 Å². The molecule has 1 atom stereocenters. The van der Waals surface area contributed by atoms with Gasteiger partial charge in [0.1, 0.15) is 5.54 Å². The summed E-state index contributed by atoms with van der Waals surface area (Å²) in [7, 11) is 0. The number of halogens is 2. The predicted octanol–water partition coefficient (Wildman–Crippen LogP) is 3.07. The molecule has 5 nitrogen and oxygen atoms in total. The van der Waals surface area contributed by atoms with Gasteiger partial charge in [0.2, 0.25) is 5.91 Å². The van der Waals surface area contributed by atoms with Crippen molar-refractivity contribution in [3.05, 3.63) is 51.8 Å². The number of piperidine rings is 1. The van der Waals surface area contributed by atoms with Gasteiger partial charge in [0, 0.05) is 12.4 Å². The number of carbonyl (C=O) groups is 1. The first kappa shape index (κ1) is 16.9. The third kappa shape index (κ3) is 2.84. The molecule has 1 aliphatic heterocycles. The minimum Gasteiger partial charge on any atom is -0.347 e. The second-order valence-electron chi connectivity index (χ2n) is 6.73. The molecular weight excluding hydrogens is 359 g/mol. The van der Waals surface area contributed by atoms with Crippen LogP contribution >= 0.6 is 23.2 Å². The van der Waals surface area contributed by atoms with Crippen molar-refractivity contribution in [1.82, 2.24) is 20.4 Å². The quantitative estimate of drug-likeness (QED) is 0.862. The first-order valence-corrected chi connectivity index (χ1v) is 9.36. The van der Waals surface area contributed by atoms with Crippen LogP contribution in [0.25, 0.3) is 0 Å². The lowest BCUT2D eigenvalue weighted by molar-refractivity contribution is -0.132. The van der Waals surface area contributed by atoms with Gasteiger partial charge in [0.05, 0.1) is 16.1 Å². The number of nitrogens with one attached hydrogen (secondary N) is 2. The van der Waals surface area contributed by atoms with Crippen molar-refractivity contribution >= 4 is 29.1 Å². The largest absolute Gasteiger partial charge is 0.347 e. The summed E-state index contributed by atoms with van der Waals surface area (Å²) in [6.45, 7) is 1.60. The van der Waals surface area contributed by atoms with E-state index in [4.69, 9.17) is 23.2 Å². The summed E-state index contributed by atoms with van der Waals surface area (Å²) < 4.78 is 1.81. The summed E-state index contributed by atoms with van der Waals surface area (Å²) in [5.41, 5.74) is 1.50. The van der Waals surface area contributed by atoms with E-state index in [0.717, 1.165) is 49.9 Å². The molecule has 1 aromatic carbocycles. The van der Waals surface area contributed by atoms with Crippen LogP contribution in [-0.4, -0.2) is 28.8 Å². The average molecular weight is 379 g/mol. The summed E-state index contributed by atoms with van der Waals surface area (Å²) >= 11 is 12.5. The number of amides is 1. The Balaban J connectivity index is 1.61. The van der Waals surface area contributed by atoms with E-state index in [2.05, 4.69) is 15.7 Å². The normalized spacial score (nSPS) is 21.8. The number of nitrogens with zero attached hydrogens (tertiary/aromatic N) is 2. The van der Waals surface area contributed by atoms with Crippen LogP contribution in [0, 0.1) is 0 Å². The van der Waals surface area contributed by atoms with Gasteiger partial charge in [-0.1, -0.05) is 29.3 Å². The van der Waals surface area contributed by atoms with Crippen molar-refractivity contribution in [3.63, 3.8) is 0 Å². The van der Waals surface area contributed by atoms with Crippen molar-refractivity contribution in [2.24, 2.45) is 0 Å². The summed E-state index contributed by atoms with van der Waals surface area (Å²) in [6, 6.07) is 5.62. The van der Waals surface area contributed by atoms with Gasteiger partial charge in [-0.05, 0) is 62.0 Å². The van der Waals surface area contributed by atoms with Crippen LogP contribution in [0.3, 0.4) is 0 Å². The van der Waals surface area contributed by atoms with E-state index in [-0.39, 0.29) is 11.9 Å². The van der Waals surface area contributed by atoms with E-state index >= 15 is 0 Å². The first-order valence-electron chi connectivity index (χ1n) is 8.60. The van der Waals surface area contributed by atoms with Crippen LogP contribution in [0.4, 0.5) is 0 Å². The Bertz CT molecular complexity index is 785. The van der Waals surface area contributed by atoms with Gasteiger partial charge >= 0.3 is 0 Å². The van der Waals surface area contributed by atoms with Gasteiger partial charge in [0.25, 0.3) is 0 Å². The SMILES string of the molecule is O=C(NC1CCc2c1ccc(Cl)c2Cl)C1(n2cccn2)CCNCC1. The second kappa shape index (κ2) is 6.63. The molecule has 2 heterocycles. The fourth-order valence-electron chi connectivity index (χ4n) is 4.00. The minimum absolute atomic E-state index is 0.0282. The standard InChI is InChI=1S/C18H20Cl2N4O/c19-14-4-2-12-13(16(14)20)3-5-15(12)23-17(25)18(6-9-21-10-7-18)24-11-1-8-22-24/h1-2,4,8,11,15,21H,3,5-7,9-10H2,(H,23,25). The van der Waals surface area contributed by atoms with Crippen molar-refractivity contribution in [2.45, 2.75) is 37.3 Å². The van der Waals surface area contributed by atoms with E-state index in [1.807, 2.05) is 23.0 Å². The smallest absolute Gasteiger partial charge is 0.248 e. The molecule has 7 heteroatoms. The molecule has 4 rings (SSSR count). The third-order valence-electron chi connectivity index (χ3n) is 5.39. The topological polar surface area (TPSA) is 59.0 Å². The van der Waals surface area contributed by atoms with Crippen LogP contribution in [-0.2, 0) is 16.8 Å². The number of benzene rings is 1. The molecule has 2 N–H and O–H groups in total. The highest BCUT2D eigenvalue weighted by Gasteiger charge is 2.43. The molecule has 1 fully saturated rings. The van der Waals surface area contributed by atoms with Crippen LogP contribution < -0.4 is 10.6 Å². The molecule has 1 aromatic heterocycles. The highest BCUT2D eigenvalue weighted by molar-refractivity contribution is 6.42. The van der Waals surface area contributed by atoms with Crippen LogP contribution in [0.2, 0.25) is 10.0 Å². The zero-order valence-corrected chi connectivity index (χ0v) is 15.3. The van der Waals surface area contributed by atoms with Gasteiger partial charge < -0.3 is 10.6 Å². The lowest BCUT2D eigenvalue weighted by atomic mass is 9.87. The van der Waals surface area contributed by atoms with Crippen molar-refractivity contribution in [2.75, 3.05) is 13.1 Å². The van der Waals surface area contributed by atoms with E-state index in [0.29, 0.717) is 10.0 Å². The molecule has 0 radical (unpaired) electrons. The Labute approximate surface area is 156 Å². The van der Waals surface area contributed by atoms with Crippen molar-refractivity contribution in [3.8, 4) is 0 Å². The zero-order valence-electron chi connectivity index (χ0n) is 13.8.